The second kappa shape index (κ2) is 6.47. The van der Waals surface area contributed by atoms with Gasteiger partial charge in [0.05, 0.1) is 16.6 Å². The van der Waals surface area contributed by atoms with E-state index in [1.54, 1.807) is 30.1 Å². The molecule has 2 aromatic rings. The number of amides is 3. The zero-order chi connectivity index (χ0) is 16.4. The summed E-state index contributed by atoms with van der Waals surface area (Å²) in [4.78, 5) is 26.0. The van der Waals surface area contributed by atoms with Crippen LogP contribution in [0.1, 0.15) is 4.88 Å². The molecule has 0 bridgehead atoms. The molecule has 6 nitrogen and oxygen atoms in total. The lowest BCUT2D eigenvalue weighted by atomic mass is 10.2. The summed E-state index contributed by atoms with van der Waals surface area (Å²) < 4.78 is 6.02. The van der Waals surface area contributed by atoms with Crippen molar-refractivity contribution in [3.63, 3.8) is 0 Å². The molecule has 23 heavy (non-hydrogen) atoms. The van der Waals surface area contributed by atoms with Gasteiger partial charge in [-0.15, -0.1) is 11.3 Å². The molecular weight excluding hydrogens is 338 g/mol. The highest BCUT2D eigenvalue weighted by Crippen LogP contribution is 2.30. The molecule has 1 aromatic heterocycles. The SMILES string of the molecule is CN(Cc1ccc(Cl)s1)C(=O)Nc1ccc2c(c1)OCC(=O)N2. The van der Waals surface area contributed by atoms with Gasteiger partial charge in [-0.1, -0.05) is 11.6 Å². The number of urea groups is 1. The summed E-state index contributed by atoms with van der Waals surface area (Å²) in [7, 11) is 1.71. The molecule has 120 valence electrons. The molecule has 0 saturated heterocycles. The predicted octanol–water partition coefficient (Wildman–Crippen LogP) is 3.40. The second-order valence-corrected chi connectivity index (χ2v) is 6.84. The van der Waals surface area contributed by atoms with Gasteiger partial charge < -0.3 is 20.3 Å². The zero-order valence-corrected chi connectivity index (χ0v) is 13.8. The van der Waals surface area contributed by atoms with Gasteiger partial charge in [0.1, 0.15) is 5.75 Å². The maximum absolute atomic E-state index is 12.2. The summed E-state index contributed by atoms with van der Waals surface area (Å²) in [5, 5.41) is 5.50. The van der Waals surface area contributed by atoms with Crippen molar-refractivity contribution in [3.05, 3.63) is 39.5 Å². The molecule has 0 atom stereocenters. The van der Waals surface area contributed by atoms with Crippen LogP contribution in [0.25, 0.3) is 0 Å². The topological polar surface area (TPSA) is 70.7 Å². The smallest absolute Gasteiger partial charge is 0.321 e. The monoisotopic (exact) mass is 351 g/mol. The van der Waals surface area contributed by atoms with Crippen LogP contribution in [-0.4, -0.2) is 30.5 Å². The standard InChI is InChI=1S/C15H14ClN3O3S/c1-19(7-10-3-5-13(16)23-10)15(21)17-9-2-4-11-12(6-9)22-8-14(20)18-11/h2-6H,7-8H2,1H3,(H,17,21)(H,18,20). The van der Waals surface area contributed by atoms with Crippen molar-refractivity contribution in [1.82, 2.24) is 4.90 Å². The van der Waals surface area contributed by atoms with Crippen LogP contribution in [0.3, 0.4) is 0 Å². The predicted molar refractivity (Wildman–Crippen MR) is 90.4 cm³/mol. The first-order valence-electron chi connectivity index (χ1n) is 6.84. The summed E-state index contributed by atoms with van der Waals surface area (Å²) in [6.45, 7) is 0.449. The maximum atomic E-state index is 12.2. The summed E-state index contributed by atoms with van der Waals surface area (Å²) in [6, 6.07) is 8.55. The van der Waals surface area contributed by atoms with Crippen LogP contribution in [-0.2, 0) is 11.3 Å². The highest BCUT2D eigenvalue weighted by molar-refractivity contribution is 7.16. The van der Waals surface area contributed by atoms with E-state index in [4.69, 9.17) is 16.3 Å². The first-order valence-corrected chi connectivity index (χ1v) is 8.04. The van der Waals surface area contributed by atoms with E-state index < -0.39 is 0 Å². The Hall–Kier alpha value is -2.25. The quantitative estimate of drug-likeness (QED) is 0.890. The lowest BCUT2D eigenvalue weighted by Gasteiger charge is -2.20. The van der Waals surface area contributed by atoms with E-state index in [-0.39, 0.29) is 18.5 Å². The zero-order valence-electron chi connectivity index (χ0n) is 12.3. The van der Waals surface area contributed by atoms with Gasteiger partial charge in [0.15, 0.2) is 6.61 Å². The van der Waals surface area contributed by atoms with E-state index in [1.165, 1.54) is 11.3 Å². The Balaban J connectivity index is 1.64. The van der Waals surface area contributed by atoms with E-state index in [0.717, 1.165) is 4.88 Å². The van der Waals surface area contributed by atoms with Crippen molar-refractivity contribution in [2.24, 2.45) is 0 Å². The number of nitrogens with zero attached hydrogens (tertiary/aromatic N) is 1. The normalized spacial score (nSPS) is 12.9. The molecule has 0 aliphatic carbocycles. The van der Waals surface area contributed by atoms with Crippen molar-refractivity contribution < 1.29 is 14.3 Å². The Morgan fingerprint density at radius 2 is 2.26 bits per heavy atom. The van der Waals surface area contributed by atoms with Gasteiger partial charge >= 0.3 is 6.03 Å². The molecule has 1 aromatic carbocycles. The average Bonchev–Trinajstić information content (AvgIpc) is 2.92. The number of ether oxygens (including phenoxy) is 1. The Kier molecular flexibility index (Phi) is 4.40. The summed E-state index contributed by atoms with van der Waals surface area (Å²) in [5.74, 6) is 0.346. The van der Waals surface area contributed by atoms with Crippen molar-refractivity contribution in [2.75, 3.05) is 24.3 Å². The molecule has 0 radical (unpaired) electrons. The van der Waals surface area contributed by atoms with Crippen molar-refractivity contribution in [3.8, 4) is 5.75 Å². The maximum Gasteiger partial charge on any atom is 0.321 e. The first-order chi connectivity index (χ1) is 11.0. The number of hydrogen-bond donors (Lipinski definition) is 2. The van der Waals surface area contributed by atoms with E-state index in [0.29, 0.717) is 28.0 Å². The Bertz CT molecular complexity index is 762. The minimum Gasteiger partial charge on any atom is -0.482 e. The molecule has 1 aliphatic heterocycles. The summed E-state index contributed by atoms with van der Waals surface area (Å²) >= 11 is 7.33. The Labute approximate surface area is 142 Å². The number of carbonyl (C=O) groups excluding carboxylic acids is 2. The number of benzene rings is 1. The third-order valence-electron chi connectivity index (χ3n) is 3.23. The van der Waals surface area contributed by atoms with Crippen LogP contribution in [0, 0.1) is 0 Å². The van der Waals surface area contributed by atoms with Gasteiger partial charge in [-0.05, 0) is 24.3 Å². The van der Waals surface area contributed by atoms with Crippen LogP contribution in [0.15, 0.2) is 30.3 Å². The molecular formula is C15H14ClN3O3S. The minimum absolute atomic E-state index is 0.0244. The van der Waals surface area contributed by atoms with Gasteiger partial charge in [-0.3, -0.25) is 4.79 Å². The number of thiophene rings is 1. The highest BCUT2D eigenvalue weighted by atomic mass is 35.5. The molecule has 1 aliphatic rings. The molecule has 2 heterocycles. The largest absolute Gasteiger partial charge is 0.482 e. The van der Waals surface area contributed by atoms with Crippen LogP contribution < -0.4 is 15.4 Å². The molecule has 0 spiro atoms. The van der Waals surface area contributed by atoms with Crippen LogP contribution in [0.5, 0.6) is 5.75 Å². The number of anilines is 2. The van der Waals surface area contributed by atoms with E-state index in [1.807, 2.05) is 12.1 Å². The van der Waals surface area contributed by atoms with Gasteiger partial charge in [-0.2, -0.15) is 0 Å². The molecule has 8 heteroatoms. The Morgan fingerprint density at radius 1 is 1.43 bits per heavy atom. The fourth-order valence-corrected chi connectivity index (χ4v) is 3.25. The van der Waals surface area contributed by atoms with Crippen LogP contribution in [0.4, 0.5) is 16.2 Å². The highest BCUT2D eigenvalue weighted by Gasteiger charge is 2.17. The summed E-state index contributed by atoms with van der Waals surface area (Å²) in [5.41, 5.74) is 1.20. The fraction of sp³-hybridized carbons (Fsp3) is 0.200. The molecule has 0 unspecified atom stereocenters. The number of nitrogens with one attached hydrogen (secondary N) is 2. The number of fused-ring (bicyclic) bond motifs is 1. The van der Waals surface area contributed by atoms with Crippen molar-refractivity contribution >= 4 is 46.3 Å². The van der Waals surface area contributed by atoms with Crippen LogP contribution >= 0.6 is 22.9 Å². The average molecular weight is 352 g/mol. The van der Waals surface area contributed by atoms with Gasteiger partial charge in [0, 0.05) is 23.7 Å². The first kappa shape index (κ1) is 15.6. The van der Waals surface area contributed by atoms with Crippen LogP contribution in [0.2, 0.25) is 4.34 Å². The fourth-order valence-electron chi connectivity index (χ4n) is 2.11. The second-order valence-electron chi connectivity index (χ2n) is 5.04. The number of halogens is 1. The summed E-state index contributed by atoms with van der Waals surface area (Å²) in [6.07, 6.45) is 0. The lowest BCUT2D eigenvalue weighted by molar-refractivity contribution is -0.118. The van der Waals surface area contributed by atoms with E-state index in [9.17, 15) is 9.59 Å². The lowest BCUT2D eigenvalue weighted by Crippen LogP contribution is -2.30. The Morgan fingerprint density at radius 3 is 3.00 bits per heavy atom. The van der Waals surface area contributed by atoms with Crippen molar-refractivity contribution in [1.29, 1.82) is 0 Å². The number of rotatable bonds is 3. The number of carbonyl (C=O) groups is 2. The molecule has 0 saturated carbocycles. The van der Waals surface area contributed by atoms with E-state index in [2.05, 4.69) is 10.6 Å². The van der Waals surface area contributed by atoms with Gasteiger partial charge in [0.25, 0.3) is 5.91 Å². The molecule has 3 amide bonds. The van der Waals surface area contributed by atoms with Crippen molar-refractivity contribution in [2.45, 2.75) is 6.54 Å². The minimum atomic E-state index is -0.241. The van der Waals surface area contributed by atoms with Gasteiger partial charge in [-0.25, -0.2) is 4.79 Å². The molecule has 2 N–H and O–H groups in total. The molecule has 0 fully saturated rings. The third kappa shape index (κ3) is 3.75. The third-order valence-corrected chi connectivity index (χ3v) is 4.45. The number of hydrogen-bond acceptors (Lipinski definition) is 4. The van der Waals surface area contributed by atoms with Gasteiger partial charge in [0.2, 0.25) is 0 Å². The van der Waals surface area contributed by atoms with E-state index >= 15 is 0 Å². The molecule has 3 rings (SSSR count).